The molecule has 1 aromatic rings. The molecule has 0 spiro atoms. The summed E-state index contributed by atoms with van der Waals surface area (Å²) in [5.41, 5.74) is 1.17. The van der Waals surface area contributed by atoms with Crippen LogP contribution in [0.5, 0.6) is 5.75 Å². The lowest BCUT2D eigenvalue weighted by atomic mass is 10.2. The van der Waals surface area contributed by atoms with Gasteiger partial charge in [-0.25, -0.2) is 0 Å². The summed E-state index contributed by atoms with van der Waals surface area (Å²) in [6, 6.07) is 7.25. The van der Waals surface area contributed by atoms with Gasteiger partial charge >= 0.3 is 5.97 Å². The number of hydrogen-bond donors (Lipinski definition) is 2. The highest BCUT2D eigenvalue weighted by atomic mass is 16.4. The van der Waals surface area contributed by atoms with E-state index in [9.17, 15) is 9.90 Å². The van der Waals surface area contributed by atoms with Crippen LogP contribution in [0.4, 0.5) is 0 Å². The van der Waals surface area contributed by atoms with Crippen molar-refractivity contribution >= 4 is 5.97 Å². The standard InChI is InChI=1S/C14H20N2O3/c17-13-4-2-12(3-5-13)10-15-6-1-7-16(9-8-15)11-14(18)19/h2-5,17H,1,6-11H2,(H,18,19). The summed E-state index contributed by atoms with van der Waals surface area (Å²) in [5, 5.41) is 18.1. The molecule has 1 fully saturated rings. The van der Waals surface area contributed by atoms with Crippen molar-refractivity contribution in [3.05, 3.63) is 29.8 Å². The Morgan fingerprint density at radius 1 is 1.05 bits per heavy atom. The molecule has 1 aliphatic heterocycles. The number of carboxylic acid groups (broad SMARTS) is 1. The van der Waals surface area contributed by atoms with Crippen molar-refractivity contribution in [1.82, 2.24) is 9.80 Å². The van der Waals surface area contributed by atoms with E-state index in [0.29, 0.717) is 0 Å². The molecule has 0 bridgehead atoms. The zero-order valence-electron chi connectivity index (χ0n) is 11.0. The number of hydrogen-bond acceptors (Lipinski definition) is 4. The first-order valence-electron chi connectivity index (χ1n) is 6.58. The van der Waals surface area contributed by atoms with Crippen LogP contribution >= 0.6 is 0 Å². The number of rotatable bonds is 4. The molecule has 0 aromatic heterocycles. The van der Waals surface area contributed by atoms with Gasteiger partial charge in [0.2, 0.25) is 0 Å². The number of nitrogens with zero attached hydrogens (tertiary/aromatic N) is 2. The molecular formula is C14H20N2O3. The lowest BCUT2D eigenvalue weighted by molar-refractivity contribution is -0.138. The van der Waals surface area contributed by atoms with Crippen molar-refractivity contribution < 1.29 is 15.0 Å². The number of carboxylic acids is 1. The maximum atomic E-state index is 10.7. The number of phenolic OH excluding ortho intramolecular Hbond substituents is 1. The fourth-order valence-electron chi connectivity index (χ4n) is 2.39. The summed E-state index contributed by atoms with van der Waals surface area (Å²) >= 11 is 0. The lowest BCUT2D eigenvalue weighted by Gasteiger charge is -2.20. The second-order valence-electron chi connectivity index (χ2n) is 4.97. The minimum Gasteiger partial charge on any atom is -0.508 e. The molecule has 2 rings (SSSR count). The molecule has 1 saturated heterocycles. The topological polar surface area (TPSA) is 64.0 Å². The monoisotopic (exact) mass is 264 g/mol. The molecule has 1 aromatic carbocycles. The normalized spacial score (nSPS) is 18.1. The van der Waals surface area contributed by atoms with E-state index in [4.69, 9.17) is 5.11 Å². The smallest absolute Gasteiger partial charge is 0.317 e. The Hall–Kier alpha value is -1.59. The highest BCUT2D eigenvalue weighted by molar-refractivity contribution is 5.69. The molecular weight excluding hydrogens is 244 g/mol. The van der Waals surface area contributed by atoms with Crippen LogP contribution in [0.25, 0.3) is 0 Å². The van der Waals surface area contributed by atoms with Crippen molar-refractivity contribution in [2.24, 2.45) is 0 Å². The Labute approximate surface area is 113 Å². The number of aliphatic carboxylic acids is 1. The highest BCUT2D eigenvalue weighted by Crippen LogP contribution is 2.13. The number of aromatic hydroxyl groups is 1. The van der Waals surface area contributed by atoms with E-state index < -0.39 is 5.97 Å². The van der Waals surface area contributed by atoms with Crippen molar-refractivity contribution in [3.8, 4) is 5.75 Å². The van der Waals surface area contributed by atoms with Crippen LogP contribution in [0, 0.1) is 0 Å². The molecule has 2 N–H and O–H groups in total. The zero-order chi connectivity index (χ0) is 13.7. The van der Waals surface area contributed by atoms with Crippen LogP contribution < -0.4 is 0 Å². The number of phenols is 1. The van der Waals surface area contributed by atoms with Crippen LogP contribution in [0.3, 0.4) is 0 Å². The van der Waals surface area contributed by atoms with Gasteiger partial charge in [-0.1, -0.05) is 12.1 Å². The zero-order valence-corrected chi connectivity index (χ0v) is 11.0. The van der Waals surface area contributed by atoms with Crippen molar-refractivity contribution in [2.75, 3.05) is 32.7 Å². The molecule has 5 heteroatoms. The van der Waals surface area contributed by atoms with E-state index in [-0.39, 0.29) is 12.3 Å². The summed E-state index contributed by atoms with van der Waals surface area (Å²) in [5.74, 6) is -0.473. The van der Waals surface area contributed by atoms with Crippen LogP contribution in [0.1, 0.15) is 12.0 Å². The lowest BCUT2D eigenvalue weighted by Crippen LogP contribution is -2.34. The van der Waals surface area contributed by atoms with Gasteiger partial charge in [-0.3, -0.25) is 14.6 Å². The van der Waals surface area contributed by atoms with Gasteiger partial charge in [0.05, 0.1) is 6.54 Å². The molecule has 0 saturated carbocycles. The van der Waals surface area contributed by atoms with Gasteiger partial charge in [-0.15, -0.1) is 0 Å². The Bertz CT molecular complexity index is 419. The highest BCUT2D eigenvalue weighted by Gasteiger charge is 2.16. The van der Waals surface area contributed by atoms with E-state index >= 15 is 0 Å². The van der Waals surface area contributed by atoms with Crippen LogP contribution in [-0.2, 0) is 11.3 Å². The molecule has 19 heavy (non-hydrogen) atoms. The predicted octanol–water partition coefficient (Wildman–Crippen LogP) is 0.984. The Kier molecular flexibility index (Phi) is 4.76. The van der Waals surface area contributed by atoms with Crippen molar-refractivity contribution in [2.45, 2.75) is 13.0 Å². The second-order valence-corrected chi connectivity index (χ2v) is 4.97. The molecule has 0 unspecified atom stereocenters. The minimum atomic E-state index is -0.757. The van der Waals surface area contributed by atoms with Crippen molar-refractivity contribution in [1.29, 1.82) is 0 Å². The van der Waals surface area contributed by atoms with Crippen molar-refractivity contribution in [3.63, 3.8) is 0 Å². The van der Waals surface area contributed by atoms with E-state index in [1.807, 2.05) is 17.0 Å². The summed E-state index contributed by atoms with van der Waals surface area (Å²) < 4.78 is 0. The molecule has 5 nitrogen and oxygen atoms in total. The van der Waals surface area contributed by atoms with Gasteiger partial charge in [-0.2, -0.15) is 0 Å². The number of carbonyl (C=O) groups is 1. The van der Waals surface area contributed by atoms with Gasteiger partial charge in [-0.05, 0) is 30.7 Å². The fourth-order valence-corrected chi connectivity index (χ4v) is 2.39. The maximum absolute atomic E-state index is 10.7. The molecule has 0 radical (unpaired) electrons. The summed E-state index contributed by atoms with van der Waals surface area (Å²) in [6.45, 7) is 4.49. The first kappa shape index (κ1) is 13.8. The molecule has 0 aliphatic carbocycles. The van der Waals surface area contributed by atoms with E-state index in [2.05, 4.69) is 4.90 Å². The summed E-state index contributed by atoms with van der Waals surface area (Å²) in [4.78, 5) is 15.0. The predicted molar refractivity (Wildman–Crippen MR) is 72.1 cm³/mol. The fraction of sp³-hybridized carbons (Fsp3) is 0.500. The molecule has 0 atom stereocenters. The molecule has 1 aliphatic rings. The van der Waals surface area contributed by atoms with Gasteiger partial charge in [0, 0.05) is 26.2 Å². The third-order valence-electron chi connectivity index (χ3n) is 3.38. The Morgan fingerprint density at radius 2 is 1.68 bits per heavy atom. The first-order valence-corrected chi connectivity index (χ1v) is 6.58. The summed E-state index contributed by atoms with van der Waals surface area (Å²) in [7, 11) is 0. The van der Waals surface area contributed by atoms with Crippen LogP contribution in [0.15, 0.2) is 24.3 Å². The van der Waals surface area contributed by atoms with E-state index in [1.54, 1.807) is 12.1 Å². The molecule has 104 valence electrons. The minimum absolute atomic E-state index is 0.132. The average Bonchev–Trinajstić information content (AvgIpc) is 2.57. The maximum Gasteiger partial charge on any atom is 0.317 e. The Balaban J connectivity index is 1.85. The largest absolute Gasteiger partial charge is 0.508 e. The van der Waals surface area contributed by atoms with Gasteiger partial charge in [0.1, 0.15) is 5.75 Å². The second kappa shape index (κ2) is 6.54. The van der Waals surface area contributed by atoms with Crippen LogP contribution in [-0.4, -0.2) is 58.7 Å². The van der Waals surface area contributed by atoms with Gasteiger partial charge < -0.3 is 10.2 Å². The average molecular weight is 264 g/mol. The summed E-state index contributed by atoms with van der Waals surface area (Å²) in [6.07, 6.45) is 0.991. The van der Waals surface area contributed by atoms with E-state index in [1.165, 1.54) is 5.56 Å². The van der Waals surface area contributed by atoms with Gasteiger partial charge in [0.15, 0.2) is 0 Å². The third-order valence-corrected chi connectivity index (χ3v) is 3.38. The molecule has 1 heterocycles. The quantitative estimate of drug-likeness (QED) is 0.849. The number of benzene rings is 1. The van der Waals surface area contributed by atoms with Gasteiger partial charge in [0.25, 0.3) is 0 Å². The van der Waals surface area contributed by atoms with Crippen LogP contribution in [0.2, 0.25) is 0 Å². The SMILES string of the molecule is O=C(O)CN1CCCN(Cc2ccc(O)cc2)CC1. The Morgan fingerprint density at radius 3 is 2.37 bits per heavy atom. The third kappa shape index (κ3) is 4.54. The van der Waals surface area contributed by atoms with E-state index in [0.717, 1.165) is 39.1 Å². The molecule has 0 amide bonds. The first-order chi connectivity index (χ1) is 9.13.